The number of aliphatic hydroxyl groups is 1. The van der Waals surface area contributed by atoms with Crippen LogP contribution in [0.3, 0.4) is 0 Å². The topological polar surface area (TPSA) is 40.5 Å². The summed E-state index contributed by atoms with van der Waals surface area (Å²) in [6.45, 7) is 3.74. The molecule has 2 nitrogen and oxygen atoms in total. The van der Waals surface area contributed by atoms with Crippen LogP contribution >= 0.6 is 0 Å². The second-order valence-corrected chi connectivity index (χ2v) is 2.71. The van der Waals surface area contributed by atoms with Gasteiger partial charge in [0.15, 0.2) is 0 Å². The van der Waals surface area contributed by atoms with E-state index in [1.165, 1.54) is 0 Å². The van der Waals surface area contributed by atoms with E-state index < -0.39 is 0 Å². The minimum atomic E-state index is -0.0192. The number of aromatic hydroxyl groups is 1. The van der Waals surface area contributed by atoms with Crippen LogP contribution in [0.4, 0.5) is 0 Å². The Hall–Kier alpha value is -1.02. The molecule has 0 atom stereocenters. The van der Waals surface area contributed by atoms with Gasteiger partial charge in [-0.15, -0.1) is 0 Å². The third kappa shape index (κ3) is 1.52. The van der Waals surface area contributed by atoms with E-state index in [0.29, 0.717) is 0 Å². The van der Waals surface area contributed by atoms with Crippen LogP contribution in [0.5, 0.6) is 5.75 Å². The monoisotopic (exact) mass is 152 g/mol. The SMILES string of the molecule is Cc1cc(CO)cc(O)c1C. The number of phenolic OH excluding ortho intramolecular Hbond substituents is 1. The molecular formula is C9H12O2. The van der Waals surface area contributed by atoms with Crippen molar-refractivity contribution >= 4 is 0 Å². The van der Waals surface area contributed by atoms with Gasteiger partial charge in [-0.2, -0.15) is 0 Å². The van der Waals surface area contributed by atoms with Gasteiger partial charge in [0.05, 0.1) is 6.61 Å². The lowest BCUT2D eigenvalue weighted by atomic mass is 10.1. The van der Waals surface area contributed by atoms with Crippen LogP contribution in [-0.4, -0.2) is 10.2 Å². The van der Waals surface area contributed by atoms with Gasteiger partial charge in [0.25, 0.3) is 0 Å². The highest BCUT2D eigenvalue weighted by Gasteiger charge is 2.01. The third-order valence-electron chi connectivity index (χ3n) is 1.88. The summed E-state index contributed by atoms with van der Waals surface area (Å²) < 4.78 is 0. The summed E-state index contributed by atoms with van der Waals surface area (Å²) in [7, 11) is 0. The number of hydrogen-bond donors (Lipinski definition) is 2. The zero-order chi connectivity index (χ0) is 8.43. The van der Waals surface area contributed by atoms with E-state index in [9.17, 15) is 5.11 Å². The zero-order valence-electron chi connectivity index (χ0n) is 6.76. The lowest BCUT2D eigenvalue weighted by Crippen LogP contribution is -1.87. The van der Waals surface area contributed by atoms with Crippen LogP contribution in [0.15, 0.2) is 12.1 Å². The van der Waals surface area contributed by atoms with E-state index in [1.54, 1.807) is 6.07 Å². The van der Waals surface area contributed by atoms with Gasteiger partial charge in [-0.3, -0.25) is 0 Å². The Balaban J connectivity index is 3.21. The molecule has 0 radical (unpaired) electrons. The summed E-state index contributed by atoms with van der Waals surface area (Å²) in [4.78, 5) is 0. The molecule has 2 heteroatoms. The number of aliphatic hydroxyl groups excluding tert-OH is 1. The summed E-state index contributed by atoms with van der Waals surface area (Å²) in [5.74, 6) is 0.258. The predicted molar refractivity (Wildman–Crippen MR) is 43.5 cm³/mol. The number of hydrogen-bond acceptors (Lipinski definition) is 2. The van der Waals surface area contributed by atoms with Crippen LogP contribution in [0.25, 0.3) is 0 Å². The van der Waals surface area contributed by atoms with Gasteiger partial charge in [-0.05, 0) is 36.6 Å². The van der Waals surface area contributed by atoms with Crippen LogP contribution in [0.2, 0.25) is 0 Å². The summed E-state index contributed by atoms with van der Waals surface area (Å²) >= 11 is 0. The summed E-state index contributed by atoms with van der Waals surface area (Å²) in [6.07, 6.45) is 0. The minimum Gasteiger partial charge on any atom is -0.508 e. The number of aryl methyl sites for hydroxylation is 1. The highest BCUT2D eigenvalue weighted by Crippen LogP contribution is 2.21. The summed E-state index contributed by atoms with van der Waals surface area (Å²) in [5, 5.41) is 18.1. The molecule has 60 valence electrons. The van der Waals surface area contributed by atoms with Gasteiger partial charge in [0, 0.05) is 0 Å². The Morgan fingerprint density at radius 3 is 2.36 bits per heavy atom. The van der Waals surface area contributed by atoms with Crippen molar-refractivity contribution in [1.29, 1.82) is 0 Å². The maximum Gasteiger partial charge on any atom is 0.119 e. The molecule has 1 aromatic rings. The smallest absolute Gasteiger partial charge is 0.119 e. The quantitative estimate of drug-likeness (QED) is 0.640. The molecule has 0 aliphatic rings. The van der Waals surface area contributed by atoms with E-state index in [1.807, 2.05) is 19.9 Å². The fourth-order valence-electron chi connectivity index (χ4n) is 1.01. The second kappa shape index (κ2) is 2.93. The van der Waals surface area contributed by atoms with Gasteiger partial charge in [0.2, 0.25) is 0 Å². The van der Waals surface area contributed by atoms with E-state index in [0.717, 1.165) is 16.7 Å². The Morgan fingerprint density at radius 1 is 1.27 bits per heavy atom. The number of rotatable bonds is 1. The summed E-state index contributed by atoms with van der Waals surface area (Å²) in [6, 6.07) is 3.46. The van der Waals surface area contributed by atoms with Gasteiger partial charge >= 0.3 is 0 Å². The number of benzene rings is 1. The van der Waals surface area contributed by atoms with Crippen molar-refractivity contribution < 1.29 is 10.2 Å². The van der Waals surface area contributed by atoms with E-state index in [2.05, 4.69) is 0 Å². The fourth-order valence-corrected chi connectivity index (χ4v) is 1.01. The van der Waals surface area contributed by atoms with Crippen LogP contribution in [0, 0.1) is 13.8 Å². The average molecular weight is 152 g/mol. The normalized spacial score (nSPS) is 10.1. The van der Waals surface area contributed by atoms with Crippen molar-refractivity contribution in [3.8, 4) is 5.75 Å². The van der Waals surface area contributed by atoms with Gasteiger partial charge in [0.1, 0.15) is 5.75 Å². The number of phenols is 1. The molecular weight excluding hydrogens is 140 g/mol. The first-order chi connectivity index (χ1) is 5.15. The molecule has 0 saturated heterocycles. The standard InChI is InChI=1S/C9H12O2/c1-6-3-8(5-10)4-9(11)7(6)2/h3-4,10-11H,5H2,1-2H3. The predicted octanol–water partition coefficient (Wildman–Crippen LogP) is 1.50. The Morgan fingerprint density at radius 2 is 1.91 bits per heavy atom. The van der Waals surface area contributed by atoms with Crippen molar-refractivity contribution in [3.63, 3.8) is 0 Å². The minimum absolute atomic E-state index is 0.0192. The van der Waals surface area contributed by atoms with Crippen LogP contribution < -0.4 is 0 Å². The van der Waals surface area contributed by atoms with Crippen molar-refractivity contribution in [2.75, 3.05) is 0 Å². The lowest BCUT2D eigenvalue weighted by molar-refractivity contribution is 0.281. The Kier molecular flexibility index (Phi) is 2.15. The van der Waals surface area contributed by atoms with Crippen molar-refractivity contribution in [2.45, 2.75) is 20.5 Å². The van der Waals surface area contributed by atoms with Crippen LogP contribution in [0.1, 0.15) is 16.7 Å². The van der Waals surface area contributed by atoms with Gasteiger partial charge in [-0.1, -0.05) is 6.07 Å². The molecule has 0 fully saturated rings. The van der Waals surface area contributed by atoms with Gasteiger partial charge in [-0.25, -0.2) is 0 Å². The molecule has 11 heavy (non-hydrogen) atoms. The average Bonchev–Trinajstić information content (AvgIpc) is 1.99. The molecule has 0 aromatic heterocycles. The second-order valence-electron chi connectivity index (χ2n) is 2.71. The molecule has 0 aliphatic heterocycles. The van der Waals surface area contributed by atoms with Crippen molar-refractivity contribution in [1.82, 2.24) is 0 Å². The molecule has 0 unspecified atom stereocenters. The highest BCUT2D eigenvalue weighted by atomic mass is 16.3. The van der Waals surface area contributed by atoms with Crippen molar-refractivity contribution in [3.05, 3.63) is 28.8 Å². The highest BCUT2D eigenvalue weighted by molar-refractivity contribution is 5.41. The Labute approximate surface area is 66.1 Å². The molecule has 0 bridgehead atoms. The van der Waals surface area contributed by atoms with Crippen molar-refractivity contribution in [2.24, 2.45) is 0 Å². The maximum absolute atomic E-state index is 9.30. The first-order valence-electron chi connectivity index (χ1n) is 3.55. The Bertz CT molecular complexity index is 243. The first-order valence-corrected chi connectivity index (χ1v) is 3.55. The maximum atomic E-state index is 9.30. The first kappa shape index (κ1) is 8.08. The van der Waals surface area contributed by atoms with Gasteiger partial charge < -0.3 is 10.2 Å². The van der Waals surface area contributed by atoms with E-state index in [4.69, 9.17) is 5.11 Å². The molecule has 0 saturated carbocycles. The van der Waals surface area contributed by atoms with E-state index >= 15 is 0 Å². The van der Waals surface area contributed by atoms with Crippen LogP contribution in [-0.2, 0) is 6.61 Å². The molecule has 1 aromatic carbocycles. The van der Waals surface area contributed by atoms with E-state index in [-0.39, 0.29) is 12.4 Å². The lowest BCUT2D eigenvalue weighted by Gasteiger charge is -2.04. The largest absolute Gasteiger partial charge is 0.508 e. The summed E-state index contributed by atoms with van der Waals surface area (Å²) in [5.41, 5.74) is 2.64. The molecule has 0 amide bonds. The molecule has 0 aliphatic carbocycles. The molecule has 2 N–H and O–H groups in total. The third-order valence-corrected chi connectivity index (χ3v) is 1.88. The molecule has 0 spiro atoms. The molecule has 0 heterocycles. The molecule has 1 rings (SSSR count). The fraction of sp³-hybridized carbons (Fsp3) is 0.333. The zero-order valence-corrected chi connectivity index (χ0v) is 6.76.